The topological polar surface area (TPSA) is 70.5 Å². The molecule has 1 aromatic rings. The van der Waals surface area contributed by atoms with Crippen LogP contribution in [-0.4, -0.2) is 34.4 Å². The van der Waals surface area contributed by atoms with E-state index in [2.05, 4.69) is 4.98 Å². The summed E-state index contributed by atoms with van der Waals surface area (Å²) in [6.07, 6.45) is 1.97. The van der Waals surface area contributed by atoms with E-state index in [4.69, 9.17) is 5.11 Å². The Morgan fingerprint density at radius 3 is 2.67 bits per heavy atom. The molecule has 0 spiro atoms. The number of hydrogen-bond acceptors (Lipinski definition) is 3. The third-order valence-corrected chi connectivity index (χ3v) is 2.44. The van der Waals surface area contributed by atoms with Crippen LogP contribution in [-0.2, 0) is 15.1 Å². The van der Waals surface area contributed by atoms with Crippen molar-refractivity contribution in [1.29, 1.82) is 0 Å². The van der Waals surface area contributed by atoms with Crippen LogP contribution in [0.15, 0.2) is 24.4 Å². The van der Waals surface area contributed by atoms with Crippen LogP contribution in [0.2, 0.25) is 0 Å². The summed E-state index contributed by atoms with van der Waals surface area (Å²) >= 11 is 0. The molecule has 80 valence electrons. The molecule has 1 amide bonds. The van der Waals surface area contributed by atoms with Gasteiger partial charge in [0, 0.05) is 13.2 Å². The quantitative estimate of drug-likeness (QED) is 0.730. The first kappa shape index (κ1) is 11.2. The molecule has 5 nitrogen and oxygen atoms in total. The Balaban J connectivity index is 3.24. The zero-order chi connectivity index (χ0) is 11.5. The van der Waals surface area contributed by atoms with Gasteiger partial charge in [0.05, 0.1) is 5.69 Å². The number of carbonyl (C=O) groups excluding carboxylic acids is 1. The first-order valence-electron chi connectivity index (χ1n) is 4.36. The van der Waals surface area contributed by atoms with E-state index in [9.17, 15) is 9.59 Å². The van der Waals surface area contributed by atoms with Crippen LogP contribution >= 0.6 is 0 Å². The monoisotopic (exact) mass is 208 g/mol. The molecule has 0 saturated heterocycles. The lowest BCUT2D eigenvalue weighted by atomic mass is 9.96. The van der Waals surface area contributed by atoms with Gasteiger partial charge in [-0.05, 0) is 19.1 Å². The molecule has 0 radical (unpaired) electrons. The molecule has 0 aliphatic carbocycles. The van der Waals surface area contributed by atoms with Crippen molar-refractivity contribution in [3.63, 3.8) is 0 Å². The van der Waals surface area contributed by atoms with Crippen LogP contribution in [0.1, 0.15) is 12.6 Å². The summed E-state index contributed by atoms with van der Waals surface area (Å²) in [7, 11) is 1.41. The van der Waals surface area contributed by atoms with E-state index in [1.807, 2.05) is 0 Å². The Labute approximate surface area is 87.4 Å². The lowest BCUT2D eigenvalue weighted by molar-refractivity contribution is -0.153. The Morgan fingerprint density at radius 2 is 2.27 bits per heavy atom. The maximum atomic E-state index is 11.2. The average Bonchev–Trinajstić information content (AvgIpc) is 2.27. The smallest absolute Gasteiger partial charge is 0.335 e. The van der Waals surface area contributed by atoms with Crippen molar-refractivity contribution < 1.29 is 14.7 Å². The zero-order valence-electron chi connectivity index (χ0n) is 8.54. The van der Waals surface area contributed by atoms with Crippen LogP contribution in [0.25, 0.3) is 0 Å². The van der Waals surface area contributed by atoms with E-state index in [-0.39, 0.29) is 0 Å². The molecule has 1 heterocycles. The zero-order valence-corrected chi connectivity index (χ0v) is 8.54. The van der Waals surface area contributed by atoms with Crippen LogP contribution in [0.5, 0.6) is 0 Å². The highest BCUT2D eigenvalue weighted by Crippen LogP contribution is 2.24. The summed E-state index contributed by atoms with van der Waals surface area (Å²) in [4.78, 5) is 26.9. The first-order valence-corrected chi connectivity index (χ1v) is 4.36. The lowest BCUT2D eigenvalue weighted by Crippen LogP contribution is -2.47. The van der Waals surface area contributed by atoms with Gasteiger partial charge < -0.3 is 10.0 Å². The highest BCUT2D eigenvalue weighted by molar-refractivity contribution is 5.82. The lowest BCUT2D eigenvalue weighted by Gasteiger charge is -2.31. The van der Waals surface area contributed by atoms with Crippen molar-refractivity contribution in [2.24, 2.45) is 0 Å². The largest absolute Gasteiger partial charge is 0.479 e. The van der Waals surface area contributed by atoms with Crippen molar-refractivity contribution in [3.05, 3.63) is 30.1 Å². The maximum absolute atomic E-state index is 11.2. The summed E-state index contributed by atoms with van der Waals surface area (Å²) in [5, 5.41) is 9.15. The van der Waals surface area contributed by atoms with E-state index >= 15 is 0 Å². The number of aromatic nitrogens is 1. The van der Waals surface area contributed by atoms with Crippen LogP contribution < -0.4 is 0 Å². The summed E-state index contributed by atoms with van der Waals surface area (Å²) in [5.74, 6) is -1.11. The molecule has 0 aliphatic heterocycles. The molecule has 1 N–H and O–H groups in total. The second-order valence-corrected chi connectivity index (χ2v) is 3.31. The second-order valence-electron chi connectivity index (χ2n) is 3.31. The first-order chi connectivity index (χ1) is 7.03. The molecule has 1 unspecified atom stereocenters. The second kappa shape index (κ2) is 4.08. The molecular weight excluding hydrogens is 196 g/mol. The molecule has 0 fully saturated rings. The molecule has 1 rings (SSSR count). The summed E-state index contributed by atoms with van der Waals surface area (Å²) in [6, 6.07) is 4.95. The van der Waals surface area contributed by atoms with Crippen molar-refractivity contribution in [3.8, 4) is 0 Å². The van der Waals surface area contributed by atoms with Gasteiger partial charge in [-0.1, -0.05) is 6.07 Å². The van der Waals surface area contributed by atoms with Gasteiger partial charge in [-0.2, -0.15) is 0 Å². The average molecular weight is 208 g/mol. The fourth-order valence-corrected chi connectivity index (χ4v) is 1.20. The van der Waals surface area contributed by atoms with E-state index < -0.39 is 11.5 Å². The summed E-state index contributed by atoms with van der Waals surface area (Å²) < 4.78 is 0. The Hall–Kier alpha value is -1.91. The van der Waals surface area contributed by atoms with Gasteiger partial charge in [0.1, 0.15) is 0 Å². The highest BCUT2D eigenvalue weighted by Gasteiger charge is 2.40. The molecule has 5 heteroatoms. The van der Waals surface area contributed by atoms with Gasteiger partial charge in [-0.3, -0.25) is 9.78 Å². The van der Waals surface area contributed by atoms with E-state index in [0.717, 1.165) is 4.90 Å². The van der Waals surface area contributed by atoms with Crippen molar-refractivity contribution in [1.82, 2.24) is 9.88 Å². The van der Waals surface area contributed by atoms with Crippen LogP contribution in [0, 0.1) is 0 Å². The standard InChI is InChI=1S/C10H12N2O3/c1-10(9(14)15,12(2)7-13)8-5-3-4-6-11-8/h3-7H,1-2H3,(H,14,15). The number of amides is 1. The number of nitrogens with zero attached hydrogens (tertiary/aromatic N) is 2. The molecule has 0 saturated carbocycles. The number of likely N-dealkylation sites (N-methyl/N-ethyl adjacent to an activating group) is 1. The van der Waals surface area contributed by atoms with Crippen LogP contribution in [0.4, 0.5) is 0 Å². The Bertz CT molecular complexity index is 366. The van der Waals surface area contributed by atoms with Gasteiger partial charge in [0.25, 0.3) is 0 Å². The molecule has 1 aromatic heterocycles. The van der Waals surface area contributed by atoms with Gasteiger partial charge >= 0.3 is 5.97 Å². The Morgan fingerprint density at radius 1 is 1.60 bits per heavy atom. The number of carboxylic acid groups (broad SMARTS) is 1. The molecule has 0 aliphatic rings. The summed E-state index contributed by atoms with van der Waals surface area (Å²) in [6.45, 7) is 1.44. The minimum Gasteiger partial charge on any atom is -0.479 e. The third-order valence-electron chi connectivity index (χ3n) is 2.44. The van der Waals surface area contributed by atoms with Crippen molar-refractivity contribution in [2.75, 3.05) is 7.05 Å². The molecule has 0 aromatic carbocycles. The van der Waals surface area contributed by atoms with E-state index in [0.29, 0.717) is 12.1 Å². The number of carbonyl (C=O) groups is 2. The maximum Gasteiger partial charge on any atom is 0.335 e. The van der Waals surface area contributed by atoms with Gasteiger partial charge in [0.2, 0.25) is 6.41 Å². The normalized spacial score (nSPS) is 14.0. The minimum absolute atomic E-state index is 0.326. The molecule has 0 bridgehead atoms. The van der Waals surface area contributed by atoms with E-state index in [1.54, 1.807) is 18.2 Å². The van der Waals surface area contributed by atoms with Gasteiger partial charge in [0.15, 0.2) is 5.54 Å². The number of aliphatic carboxylic acids is 1. The predicted molar refractivity (Wildman–Crippen MR) is 53.1 cm³/mol. The molecule has 1 atom stereocenters. The van der Waals surface area contributed by atoms with E-state index in [1.165, 1.54) is 20.2 Å². The number of carboxylic acids is 1. The van der Waals surface area contributed by atoms with Crippen LogP contribution in [0.3, 0.4) is 0 Å². The van der Waals surface area contributed by atoms with Gasteiger partial charge in [-0.25, -0.2) is 4.79 Å². The number of rotatable bonds is 4. The Kier molecular flexibility index (Phi) is 3.04. The fourth-order valence-electron chi connectivity index (χ4n) is 1.20. The number of hydrogen-bond donors (Lipinski definition) is 1. The molecule has 15 heavy (non-hydrogen) atoms. The summed E-state index contributed by atoms with van der Waals surface area (Å²) in [5.41, 5.74) is -1.10. The number of pyridine rings is 1. The minimum atomic E-state index is -1.43. The fraction of sp³-hybridized carbons (Fsp3) is 0.300. The SMILES string of the molecule is CN(C=O)C(C)(C(=O)O)c1ccccn1. The van der Waals surface area contributed by atoms with Crippen molar-refractivity contribution >= 4 is 12.4 Å². The predicted octanol–water partition coefficient (Wildman–Crippen LogP) is 0.470. The van der Waals surface area contributed by atoms with Gasteiger partial charge in [-0.15, -0.1) is 0 Å². The highest BCUT2D eigenvalue weighted by atomic mass is 16.4. The third kappa shape index (κ3) is 1.81. The van der Waals surface area contributed by atoms with Crippen molar-refractivity contribution in [2.45, 2.75) is 12.5 Å². The molecular formula is C10H12N2O3.